The number of nitrogens with one attached hydrogen (secondary N) is 1. The van der Waals surface area contributed by atoms with Gasteiger partial charge in [-0.1, -0.05) is 0 Å². The number of H-pyrrole nitrogens is 1. The number of nitrogens with zero attached hydrogens (tertiary/aromatic N) is 3. The molecule has 132 valence electrons. The SMILES string of the molecule is C[N+](=O)c1ccc(-c2nc(-c3ccc(F)cc3)c(-c3ccncc3)[nH]2)cc1. The van der Waals surface area contributed by atoms with Crippen molar-refractivity contribution in [1.82, 2.24) is 15.0 Å². The van der Waals surface area contributed by atoms with E-state index in [1.165, 1.54) is 19.2 Å². The summed E-state index contributed by atoms with van der Waals surface area (Å²) in [5.74, 6) is 0.374. The normalized spacial score (nSPS) is 10.7. The summed E-state index contributed by atoms with van der Waals surface area (Å²) in [7, 11) is 1.45. The van der Waals surface area contributed by atoms with Crippen LogP contribution in [0.3, 0.4) is 0 Å². The molecule has 0 saturated heterocycles. The smallest absolute Gasteiger partial charge is 0.255 e. The lowest BCUT2D eigenvalue weighted by molar-refractivity contribution is -0.428. The van der Waals surface area contributed by atoms with Crippen LogP contribution in [-0.2, 0) is 0 Å². The Hall–Kier alpha value is -3.67. The Morgan fingerprint density at radius 2 is 1.48 bits per heavy atom. The summed E-state index contributed by atoms with van der Waals surface area (Å²) in [4.78, 5) is 23.6. The second-order valence-electron chi connectivity index (χ2n) is 6.10. The van der Waals surface area contributed by atoms with Crippen LogP contribution in [0.25, 0.3) is 33.9 Å². The Labute approximate surface area is 155 Å². The molecule has 0 saturated carbocycles. The maximum atomic E-state index is 13.3. The van der Waals surface area contributed by atoms with E-state index < -0.39 is 0 Å². The van der Waals surface area contributed by atoms with E-state index >= 15 is 0 Å². The highest BCUT2D eigenvalue weighted by atomic mass is 19.1. The maximum absolute atomic E-state index is 13.3. The van der Waals surface area contributed by atoms with Crippen molar-refractivity contribution < 1.29 is 9.15 Å². The minimum Gasteiger partial charge on any atom is -0.337 e. The molecule has 2 aromatic carbocycles. The van der Waals surface area contributed by atoms with Crippen LogP contribution in [0.4, 0.5) is 10.1 Å². The average molecular weight is 359 g/mol. The van der Waals surface area contributed by atoms with Gasteiger partial charge in [0.2, 0.25) is 0 Å². The molecule has 0 atom stereocenters. The van der Waals surface area contributed by atoms with Gasteiger partial charge in [0.05, 0.1) is 11.4 Å². The van der Waals surface area contributed by atoms with Crippen molar-refractivity contribution >= 4 is 5.69 Å². The second kappa shape index (κ2) is 6.92. The maximum Gasteiger partial charge on any atom is 0.255 e. The molecule has 2 heterocycles. The number of aromatic nitrogens is 3. The Balaban J connectivity index is 1.84. The standard InChI is InChI=1S/C21H16FN4O/c1-26(27)18-8-4-16(5-9-18)21-24-19(14-2-6-17(22)7-3-14)20(25-21)15-10-12-23-13-11-15/h2-13H,1H3,(H,24,25)/q+1. The number of nitroso groups, excluding NO2 is 1. The van der Waals surface area contributed by atoms with Gasteiger partial charge in [0.15, 0.2) is 7.05 Å². The van der Waals surface area contributed by atoms with E-state index in [1.807, 2.05) is 24.3 Å². The zero-order valence-electron chi connectivity index (χ0n) is 14.6. The van der Waals surface area contributed by atoms with Gasteiger partial charge in [-0.05, 0) is 48.5 Å². The van der Waals surface area contributed by atoms with Gasteiger partial charge in [0.25, 0.3) is 5.69 Å². The number of pyridine rings is 1. The van der Waals surface area contributed by atoms with Gasteiger partial charge in [0, 0.05) is 50.9 Å². The van der Waals surface area contributed by atoms with Crippen molar-refractivity contribution in [3.05, 3.63) is 83.8 Å². The van der Waals surface area contributed by atoms with E-state index in [4.69, 9.17) is 4.98 Å². The molecule has 0 radical (unpaired) electrons. The quantitative estimate of drug-likeness (QED) is 0.523. The third kappa shape index (κ3) is 3.37. The summed E-state index contributed by atoms with van der Waals surface area (Å²) >= 11 is 0. The van der Waals surface area contributed by atoms with E-state index in [1.54, 1.807) is 36.7 Å². The highest BCUT2D eigenvalue weighted by Crippen LogP contribution is 2.33. The molecule has 0 amide bonds. The first-order valence-electron chi connectivity index (χ1n) is 8.39. The minimum absolute atomic E-state index is 0.294. The van der Waals surface area contributed by atoms with Crippen LogP contribution in [0, 0.1) is 10.7 Å². The Morgan fingerprint density at radius 1 is 0.852 bits per heavy atom. The average Bonchev–Trinajstić information content (AvgIpc) is 3.15. The van der Waals surface area contributed by atoms with Gasteiger partial charge >= 0.3 is 0 Å². The number of benzene rings is 2. The lowest BCUT2D eigenvalue weighted by atomic mass is 10.1. The molecule has 5 nitrogen and oxygen atoms in total. The zero-order chi connectivity index (χ0) is 18.8. The van der Waals surface area contributed by atoms with Crippen molar-refractivity contribution in [3.8, 4) is 33.9 Å². The molecule has 0 aliphatic rings. The number of imidazole rings is 1. The first-order valence-corrected chi connectivity index (χ1v) is 8.39. The molecule has 27 heavy (non-hydrogen) atoms. The molecule has 0 aliphatic heterocycles. The number of rotatable bonds is 4. The van der Waals surface area contributed by atoms with E-state index in [-0.39, 0.29) is 5.82 Å². The van der Waals surface area contributed by atoms with Gasteiger partial charge in [-0.2, -0.15) is 0 Å². The first kappa shape index (κ1) is 16.8. The van der Waals surface area contributed by atoms with E-state index in [0.29, 0.717) is 11.5 Å². The van der Waals surface area contributed by atoms with Crippen LogP contribution < -0.4 is 0 Å². The summed E-state index contributed by atoms with van der Waals surface area (Å²) in [5.41, 5.74) is 4.70. The van der Waals surface area contributed by atoms with E-state index in [2.05, 4.69) is 9.97 Å². The summed E-state index contributed by atoms with van der Waals surface area (Å²) in [6.07, 6.45) is 3.42. The molecule has 0 fully saturated rings. The summed E-state index contributed by atoms with van der Waals surface area (Å²) in [6.45, 7) is 0. The highest BCUT2D eigenvalue weighted by Gasteiger charge is 2.16. The molecular formula is C21H16FN4O+. The lowest BCUT2D eigenvalue weighted by Crippen LogP contribution is -1.90. The summed E-state index contributed by atoms with van der Waals surface area (Å²) in [6, 6.07) is 17.2. The molecule has 4 rings (SSSR count). The topological polar surface area (TPSA) is 61.6 Å². The van der Waals surface area contributed by atoms with Gasteiger partial charge in [-0.25, -0.2) is 9.37 Å². The number of hydrogen-bond donors (Lipinski definition) is 1. The van der Waals surface area contributed by atoms with Crippen LogP contribution in [0.5, 0.6) is 0 Å². The summed E-state index contributed by atoms with van der Waals surface area (Å²) in [5, 5.41) is 0. The predicted octanol–water partition coefficient (Wildman–Crippen LogP) is 4.99. The fourth-order valence-electron chi connectivity index (χ4n) is 2.88. The highest BCUT2D eigenvalue weighted by molar-refractivity contribution is 5.81. The van der Waals surface area contributed by atoms with Crippen LogP contribution in [-0.4, -0.2) is 26.8 Å². The number of hydrogen-bond acceptors (Lipinski definition) is 3. The van der Waals surface area contributed by atoms with Crippen molar-refractivity contribution in [2.75, 3.05) is 7.05 Å². The van der Waals surface area contributed by atoms with Crippen molar-refractivity contribution in [2.45, 2.75) is 0 Å². The number of halogens is 1. The fraction of sp³-hybridized carbons (Fsp3) is 0.0476. The molecule has 6 heteroatoms. The van der Waals surface area contributed by atoms with Gasteiger partial charge < -0.3 is 4.98 Å². The predicted molar refractivity (Wildman–Crippen MR) is 102 cm³/mol. The first-order chi connectivity index (χ1) is 13.1. The Bertz CT molecular complexity index is 1090. The fourth-order valence-corrected chi connectivity index (χ4v) is 2.88. The molecule has 0 unspecified atom stereocenters. The molecule has 0 aliphatic carbocycles. The largest absolute Gasteiger partial charge is 0.337 e. The van der Waals surface area contributed by atoms with Gasteiger partial charge in [-0.15, -0.1) is 0 Å². The second-order valence-corrected chi connectivity index (χ2v) is 6.10. The third-order valence-corrected chi connectivity index (χ3v) is 4.29. The monoisotopic (exact) mass is 359 g/mol. The third-order valence-electron chi connectivity index (χ3n) is 4.29. The molecule has 4 aromatic rings. The molecular weight excluding hydrogens is 343 g/mol. The van der Waals surface area contributed by atoms with Gasteiger partial charge in [-0.3, -0.25) is 4.98 Å². The van der Waals surface area contributed by atoms with Gasteiger partial charge in [0.1, 0.15) is 11.6 Å². The molecule has 1 N–H and O–H groups in total. The van der Waals surface area contributed by atoms with Crippen LogP contribution >= 0.6 is 0 Å². The lowest BCUT2D eigenvalue weighted by Gasteiger charge is -2.02. The number of aromatic amines is 1. The van der Waals surface area contributed by atoms with Crippen molar-refractivity contribution in [2.24, 2.45) is 0 Å². The zero-order valence-corrected chi connectivity index (χ0v) is 14.6. The van der Waals surface area contributed by atoms with Crippen molar-refractivity contribution in [3.63, 3.8) is 0 Å². The Morgan fingerprint density at radius 3 is 2.11 bits per heavy atom. The Kier molecular flexibility index (Phi) is 4.30. The van der Waals surface area contributed by atoms with Crippen LogP contribution in [0.15, 0.2) is 73.1 Å². The van der Waals surface area contributed by atoms with E-state index in [0.717, 1.165) is 32.8 Å². The molecule has 0 spiro atoms. The summed E-state index contributed by atoms with van der Waals surface area (Å²) < 4.78 is 14.1. The minimum atomic E-state index is -0.294. The molecule has 0 bridgehead atoms. The van der Waals surface area contributed by atoms with Crippen LogP contribution in [0.1, 0.15) is 0 Å². The van der Waals surface area contributed by atoms with E-state index in [9.17, 15) is 9.30 Å². The van der Waals surface area contributed by atoms with Crippen LogP contribution in [0.2, 0.25) is 0 Å². The molecule has 2 aromatic heterocycles. The van der Waals surface area contributed by atoms with Crippen molar-refractivity contribution in [1.29, 1.82) is 0 Å².